The van der Waals surface area contributed by atoms with Gasteiger partial charge in [-0.3, -0.25) is 0 Å². The molecule has 0 aliphatic rings. The fourth-order valence-electron chi connectivity index (χ4n) is 1.40. The number of rotatable bonds is 5. The molecule has 84 valence electrons. The predicted molar refractivity (Wildman–Crippen MR) is 67.0 cm³/mol. The van der Waals surface area contributed by atoms with Gasteiger partial charge in [-0.25, -0.2) is 0 Å². The van der Waals surface area contributed by atoms with E-state index in [-0.39, 0.29) is 6.10 Å². The second-order valence-electron chi connectivity index (χ2n) is 4.08. The van der Waals surface area contributed by atoms with E-state index in [0.29, 0.717) is 0 Å². The van der Waals surface area contributed by atoms with Crippen LogP contribution in [0.5, 0.6) is 0 Å². The summed E-state index contributed by atoms with van der Waals surface area (Å²) in [6.45, 7) is 0.928. The smallest absolute Gasteiger partial charge is 0.0592 e. The maximum atomic E-state index is 9.78. The molecule has 0 aliphatic carbocycles. The van der Waals surface area contributed by atoms with Crippen LogP contribution in [0.2, 0.25) is 0 Å². The van der Waals surface area contributed by atoms with Crippen molar-refractivity contribution in [1.82, 2.24) is 4.90 Å². The van der Waals surface area contributed by atoms with E-state index in [1.54, 1.807) is 0 Å². The minimum absolute atomic E-state index is 0.242. The fraction of sp³-hybridized carbons (Fsp3) is 0.500. The molecule has 0 fully saturated rings. The fourth-order valence-corrected chi connectivity index (χ4v) is 1.67. The third-order valence-electron chi connectivity index (χ3n) is 2.29. The maximum absolute atomic E-state index is 9.78. The summed E-state index contributed by atoms with van der Waals surface area (Å²) < 4.78 is 1.08. The van der Waals surface area contributed by atoms with Gasteiger partial charge < -0.3 is 10.0 Å². The van der Waals surface area contributed by atoms with Crippen molar-refractivity contribution in [3.63, 3.8) is 0 Å². The number of aliphatic hydroxyl groups excluding tert-OH is 1. The molecule has 1 aromatic carbocycles. The normalized spacial score (nSPS) is 13.1. The van der Waals surface area contributed by atoms with E-state index >= 15 is 0 Å². The lowest BCUT2D eigenvalue weighted by Gasteiger charge is -2.14. The molecule has 0 bridgehead atoms. The molecule has 1 unspecified atom stereocenters. The lowest BCUT2D eigenvalue weighted by atomic mass is 10.1. The molecule has 15 heavy (non-hydrogen) atoms. The number of hydrogen-bond donors (Lipinski definition) is 1. The highest BCUT2D eigenvalue weighted by Crippen LogP contribution is 2.12. The third kappa shape index (κ3) is 5.30. The number of benzene rings is 1. The van der Waals surface area contributed by atoms with Crippen molar-refractivity contribution in [2.45, 2.75) is 18.9 Å². The zero-order chi connectivity index (χ0) is 11.3. The monoisotopic (exact) mass is 271 g/mol. The summed E-state index contributed by atoms with van der Waals surface area (Å²) >= 11 is 3.39. The van der Waals surface area contributed by atoms with E-state index in [2.05, 4.69) is 20.8 Å². The van der Waals surface area contributed by atoms with E-state index < -0.39 is 0 Å². The van der Waals surface area contributed by atoms with Gasteiger partial charge in [-0.1, -0.05) is 28.1 Å². The van der Waals surface area contributed by atoms with Crippen LogP contribution in [-0.2, 0) is 6.42 Å². The SMILES string of the molecule is CN(C)CCC(O)Cc1ccc(Br)cc1. The van der Waals surface area contributed by atoms with E-state index in [0.717, 1.165) is 23.9 Å². The Bertz CT molecular complexity index is 284. The molecule has 1 atom stereocenters. The van der Waals surface area contributed by atoms with Crippen molar-refractivity contribution < 1.29 is 5.11 Å². The summed E-state index contributed by atoms with van der Waals surface area (Å²) in [4.78, 5) is 2.09. The van der Waals surface area contributed by atoms with Crippen LogP contribution in [0.1, 0.15) is 12.0 Å². The molecule has 0 saturated carbocycles. The second-order valence-corrected chi connectivity index (χ2v) is 4.99. The molecule has 0 spiro atoms. The Morgan fingerprint density at radius 1 is 1.27 bits per heavy atom. The second kappa shape index (κ2) is 6.26. The number of aliphatic hydroxyl groups is 1. The number of nitrogens with zero attached hydrogens (tertiary/aromatic N) is 1. The first kappa shape index (κ1) is 12.7. The topological polar surface area (TPSA) is 23.5 Å². The zero-order valence-corrected chi connectivity index (χ0v) is 10.9. The van der Waals surface area contributed by atoms with Crippen molar-refractivity contribution in [3.05, 3.63) is 34.3 Å². The molecule has 2 nitrogen and oxygen atoms in total. The zero-order valence-electron chi connectivity index (χ0n) is 9.28. The molecular formula is C12H18BrNO. The van der Waals surface area contributed by atoms with E-state index in [1.165, 1.54) is 5.56 Å². The molecule has 3 heteroatoms. The lowest BCUT2D eigenvalue weighted by Crippen LogP contribution is -2.20. The van der Waals surface area contributed by atoms with Gasteiger partial charge >= 0.3 is 0 Å². The Morgan fingerprint density at radius 3 is 2.40 bits per heavy atom. The summed E-state index contributed by atoms with van der Waals surface area (Å²) in [7, 11) is 4.04. The Kier molecular flexibility index (Phi) is 5.29. The summed E-state index contributed by atoms with van der Waals surface area (Å²) in [5.74, 6) is 0. The number of halogens is 1. The van der Waals surface area contributed by atoms with Crippen molar-refractivity contribution in [2.24, 2.45) is 0 Å². The maximum Gasteiger partial charge on any atom is 0.0592 e. The van der Waals surface area contributed by atoms with Gasteiger partial charge in [0.2, 0.25) is 0 Å². The van der Waals surface area contributed by atoms with Gasteiger partial charge in [-0.15, -0.1) is 0 Å². The predicted octanol–water partition coefficient (Wildman–Crippen LogP) is 2.30. The Labute approximate surface area is 100 Å². The van der Waals surface area contributed by atoms with Gasteiger partial charge in [0.15, 0.2) is 0 Å². The van der Waals surface area contributed by atoms with E-state index in [4.69, 9.17) is 0 Å². The minimum atomic E-state index is -0.242. The van der Waals surface area contributed by atoms with Crippen LogP contribution in [0.4, 0.5) is 0 Å². The van der Waals surface area contributed by atoms with Crippen molar-refractivity contribution in [2.75, 3.05) is 20.6 Å². The molecule has 0 heterocycles. The van der Waals surface area contributed by atoms with Crippen LogP contribution >= 0.6 is 15.9 Å². The van der Waals surface area contributed by atoms with Crippen molar-refractivity contribution >= 4 is 15.9 Å². The van der Waals surface area contributed by atoms with Crippen LogP contribution in [-0.4, -0.2) is 36.8 Å². The van der Waals surface area contributed by atoms with E-state index in [1.807, 2.05) is 38.4 Å². The molecule has 1 aromatic rings. The average Bonchev–Trinajstić information content (AvgIpc) is 2.19. The van der Waals surface area contributed by atoms with Crippen LogP contribution in [0, 0.1) is 0 Å². The Hall–Kier alpha value is -0.380. The third-order valence-corrected chi connectivity index (χ3v) is 2.82. The average molecular weight is 272 g/mol. The molecular weight excluding hydrogens is 254 g/mol. The van der Waals surface area contributed by atoms with Gasteiger partial charge in [0.05, 0.1) is 6.10 Å². The molecule has 0 aromatic heterocycles. The van der Waals surface area contributed by atoms with Gasteiger partial charge in [-0.05, 0) is 51.2 Å². The molecule has 0 amide bonds. The van der Waals surface area contributed by atoms with E-state index in [9.17, 15) is 5.11 Å². The van der Waals surface area contributed by atoms with Gasteiger partial charge in [0.1, 0.15) is 0 Å². The summed E-state index contributed by atoms with van der Waals surface area (Å²) in [5, 5.41) is 9.78. The first-order chi connectivity index (χ1) is 7.08. The molecule has 1 N–H and O–H groups in total. The summed E-state index contributed by atoms with van der Waals surface area (Å²) in [5.41, 5.74) is 1.18. The summed E-state index contributed by atoms with van der Waals surface area (Å²) in [6.07, 6.45) is 1.32. The molecule has 0 aliphatic heterocycles. The standard InChI is InChI=1S/C12H18BrNO/c1-14(2)8-7-12(15)9-10-3-5-11(13)6-4-10/h3-6,12,15H,7-9H2,1-2H3. The highest BCUT2D eigenvalue weighted by atomic mass is 79.9. The van der Waals surface area contributed by atoms with Crippen LogP contribution in [0.15, 0.2) is 28.7 Å². The minimum Gasteiger partial charge on any atom is -0.393 e. The Balaban J connectivity index is 2.37. The Morgan fingerprint density at radius 2 is 1.87 bits per heavy atom. The molecule has 0 radical (unpaired) electrons. The number of hydrogen-bond acceptors (Lipinski definition) is 2. The largest absolute Gasteiger partial charge is 0.393 e. The lowest BCUT2D eigenvalue weighted by molar-refractivity contribution is 0.152. The van der Waals surface area contributed by atoms with Crippen LogP contribution < -0.4 is 0 Å². The molecule has 1 rings (SSSR count). The summed E-state index contributed by atoms with van der Waals surface area (Å²) in [6, 6.07) is 8.11. The highest BCUT2D eigenvalue weighted by molar-refractivity contribution is 9.10. The molecule has 0 saturated heterocycles. The first-order valence-corrected chi connectivity index (χ1v) is 5.94. The van der Waals surface area contributed by atoms with Crippen molar-refractivity contribution in [1.29, 1.82) is 0 Å². The first-order valence-electron chi connectivity index (χ1n) is 5.15. The van der Waals surface area contributed by atoms with Crippen LogP contribution in [0.3, 0.4) is 0 Å². The van der Waals surface area contributed by atoms with Gasteiger partial charge in [0, 0.05) is 4.47 Å². The van der Waals surface area contributed by atoms with Crippen molar-refractivity contribution in [3.8, 4) is 0 Å². The quantitative estimate of drug-likeness (QED) is 0.889. The van der Waals surface area contributed by atoms with Crippen LogP contribution in [0.25, 0.3) is 0 Å². The van der Waals surface area contributed by atoms with Gasteiger partial charge in [-0.2, -0.15) is 0 Å². The highest BCUT2D eigenvalue weighted by Gasteiger charge is 2.05. The van der Waals surface area contributed by atoms with Gasteiger partial charge in [0.25, 0.3) is 0 Å².